The van der Waals surface area contributed by atoms with E-state index in [0.717, 1.165) is 6.07 Å². The lowest BCUT2D eigenvalue weighted by Gasteiger charge is -2.37. The number of nitriles is 1. The van der Waals surface area contributed by atoms with Gasteiger partial charge < -0.3 is 19.5 Å². The van der Waals surface area contributed by atoms with Crippen LogP contribution in [0.3, 0.4) is 0 Å². The van der Waals surface area contributed by atoms with Gasteiger partial charge in [0.25, 0.3) is 5.91 Å². The van der Waals surface area contributed by atoms with Gasteiger partial charge >= 0.3 is 6.18 Å². The van der Waals surface area contributed by atoms with Gasteiger partial charge in [-0.15, -0.1) is 0 Å². The van der Waals surface area contributed by atoms with E-state index in [-0.39, 0.29) is 41.9 Å². The maximum atomic E-state index is 13.4. The van der Waals surface area contributed by atoms with Crippen LogP contribution < -0.4 is 10.2 Å². The maximum absolute atomic E-state index is 13.4. The van der Waals surface area contributed by atoms with Crippen molar-refractivity contribution in [1.29, 1.82) is 5.26 Å². The van der Waals surface area contributed by atoms with Crippen LogP contribution in [0.4, 0.5) is 18.9 Å². The fourth-order valence-electron chi connectivity index (χ4n) is 5.23. The fourth-order valence-corrected chi connectivity index (χ4v) is 5.23. The summed E-state index contributed by atoms with van der Waals surface area (Å²) in [6.45, 7) is 3.38. The Morgan fingerprint density at radius 3 is 2.51 bits per heavy atom. The third kappa shape index (κ3) is 4.83. The second-order valence-corrected chi connectivity index (χ2v) is 9.03. The van der Waals surface area contributed by atoms with E-state index in [0.29, 0.717) is 43.9 Å². The molecule has 2 aromatic rings. The van der Waals surface area contributed by atoms with Crippen molar-refractivity contribution in [2.75, 3.05) is 38.1 Å². The van der Waals surface area contributed by atoms with Gasteiger partial charge in [0.2, 0.25) is 11.7 Å². The molecule has 2 aliphatic rings. The largest absolute Gasteiger partial charge is 0.438 e. The minimum absolute atomic E-state index is 0.0732. The topological polar surface area (TPSA) is 102 Å². The summed E-state index contributed by atoms with van der Waals surface area (Å²) in [7, 11) is 1.57. The van der Waals surface area contributed by atoms with Crippen LogP contribution in [0.5, 0.6) is 0 Å². The van der Waals surface area contributed by atoms with Crippen LogP contribution in [0.1, 0.15) is 40.2 Å². The van der Waals surface area contributed by atoms with Crippen molar-refractivity contribution in [3.63, 3.8) is 0 Å². The molecule has 2 atom stereocenters. The van der Waals surface area contributed by atoms with Crippen molar-refractivity contribution in [1.82, 2.24) is 15.2 Å². The van der Waals surface area contributed by atoms with Crippen LogP contribution in [-0.2, 0) is 11.0 Å². The number of carbonyl (C=O) groups is 2. The number of benzene rings is 1. The first-order valence-corrected chi connectivity index (χ1v) is 11.4. The Morgan fingerprint density at radius 1 is 1.23 bits per heavy atom. The summed E-state index contributed by atoms with van der Waals surface area (Å²) in [4.78, 5) is 33.1. The van der Waals surface area contributed by atoms with Gasteiger partial charge in [-0.1, -0.05) is 0 Å². The molecule has 0 spiro atoms. The van der Waals surface area contributed by atoms with Crippen LogP contribution in [0.2, 0.25) is 0 Å². The molecule has 0 radical (unpaired) electrons. The molecule has 35 heavy (non-hydrogen) atoms. The highest BCUT2D eigenvalue weighted by Crippen LogP contribution is 2.39. The molecule has 0 aliphatic carbocycles. The molecular weight excluding hydrogens is 463 g/mol. The predicted octanol–water partition coefficient (Wildman–Crippen LogP) is 3.22. The van der Waals surface area contributed by atoms with E-state index in [1.807, 2.05) is 4.90 Å². The number of halogens is 3. The SMILES string of the molecule is CNC(=O)[C@@H]1CN(C(=O)c2ocnc2C)C[C@H]1C1CCN(c2ccc(C#N)c(C(F)(F)F)c2)CC1. The van der Waals surface area contributed by atoms with Crippen LogP contribution >= 0.6 is 0 Å². The summed E-state index contributed by atoms with van der Waals surface area (Å²) in [6.07, 6.45) is -2.05. The third-order valence-electron chi connectivity index (χ3n) is 7.11. The van der Waals surface area contributed by atoms with E-state index >= 15 is 0 Å². The summed E-state index contributed by atoms with van der Waals surface area (Å²) in [5.41, 5.74) is -0.431. The molecule has 1 N–H and O–H groups in total. The van der Waals surface area contributed by atoms with Crippen molar-refractivity contribution in [2.45, 2.75) is 25.9 Å². The molecule has 3 heterocycles. The van der Waals surface area contributed by atoms with Crippen molar-refractivity contribution in [3.8, 4) is 6.07 Å². The monoisotopic (exact) mass is 489 g/mol. The number of likely N-dealkylation sites (tertiary alicyclic amines) is 1. The van der Waals surface area contributed by atoms with Gasteiger partial charge in [-0.3, -0.25) is 9.59 Å². The normalized spacial score (nSPS) is 21.1. The number of alkyl halides is 3. The molecule has 0 bridgehead atoms. The number of hydrogen-bond donors (Lipinski definition) is 1. The average Bonchev–Trinajstić information content (AvgIpc) is 3.49. The Kier molecular flexibility index (Phi) is 6.74. The number of rotatable bonds is 4. The Balaban J connectivity index is 1.48. The minimum atomic E-state index is -4.61. The number of amides is 2. The van der Waals surface area contributed by atoms with E-state index < -0.39 is 17.3 Å². The summed E-state index contributed by atoms with van der Waals surface area (Å²) in [5, 5.41) is 11.7. The summed E-state index contributed by atoms with van der Waals surface area (Å²) in [6, 6.07) is 5.38. The van der Waals surface area contributed by atoms with Crippen LogP contribution in [0, 0.1) is 36.0 Å². The van der Waals surface area contributed by atoms with Crippen molar-refractivity contribution >= 4 is 17.5 Å². The number of oxazole rings is 1. The van der Waals surface area contributed by atoms with Crippen LogP contribution in [0.25, 0.3) is 0 Å². The molecule has 2 fully saturated rings. The summed E-state index contributed by atoms with van der Waals surface area (Å²) in [5.74, 6) is -0.596. The number of piperidine rings is 1. The van der Waals surface area contributed by atoms with E-state index in [9.17, 15) is 22.8 Å². The minimum Gasteiger partial charge on any atom is -0.438 e. The van der Waals surface area contributed by atoms with Gasteiger partial charge in [0.1, 0.15) is 0 Å². The first-order chi connectivity index (χ1) is 16.6. The Hall–Kier alpha value is -3.55. The lowest BCUT2D eigenvalue weighted by molar-refractivity contribution is -0.137. The van der Waals surface area contributed by atoms with E-state index in [1.165, 1.54) is 18.5 Å². The molecule has 8 nitrogen and oxygen atoms in total. The predicted molar refractivity (Wildman–Crippen MR) is 119 cm³/mol. The zero-order valence-electron chi connectivity index (χ0n) is 19.4. The summed E-state index contributed by atoms with van der Waals surface area (Å²) >= 11 is 0. The molecule has 0 unspecified atom stereocenters. The van der Waals surface area contributed by atoms with Gasteiger partial charge in [-0.25, -0.2) is 4.98 Å². The van der Waals surface area contributed by atoms with E-state index in [4.69, 9.17) is 9.68 Å². The molecule has 2 amide bonds. The third-order valence-corrected chi connectivity index (χ3v) is 7.11. The Morgan fingerprint density at radius 2 is 1.94 bits per heavy atom. The van der Waals surface area contributed by atoms with E-state index in [1.54, 1.807) is 24.9 Å². The number of anilines is 1. The maximum Gasteiger partial charge on any atom is 0.417 e. The van der Waals surface area contributed by atoms with Crippen LogP contribution in [-0.4, -0.2) is 54.9 Å². The highest BCUT2D eigenvalue weighted by Gasteiger charge is 2.44. The number of carbonyl (C=O) groups excluding carboxylic acids is 2. The Bertz CT molecular complexity index is 1150. The van der Waals surface area contributed by atoms with Crippen molar-refractivity contribution in [3.05, 3.63) is 47.2 Å². The number of nitrogens with zero attached hydrogens (tertiary/aromatic N) is 4. The standard InChI is InChI=1S/C24H26F3N5O3/c1-14-21(35-13-30-14)23(34)32-11-18(19(12-32)22(33)29-2)15-5-7-31(8-6-15)17-4-3-16(10-28)20(9-17)24(25,26)27/h3-4,9,13,15,18-19H,5-8,11-12H2,1-2H3,(H,29,33)/t18-,19+/m0/s1. The molecule has 2 saturated heterocycles. The number of nitrogens with one attached hydrogen (secondary N) is 1. The van der Waals surface area contributed by atoms with Gasteiger partial charge in [0.15, 0.2) is 6.39 Å². The molecule has 0 saturated carbocycles. The second kappa shape index (κ2) is 9.60. The smallest absolute Gasteiger partial charge is 0.417 e. The quantitative estimate of drug-likeness (QED) is 0.708. The number of aryl methyl sites for hydroxylation is 1. The van der Waals surface area contributed by atoms with Crippen LogP contribution in [0.15, 0.2) is 29.0 Å². The zero-order valence-corrected chi connectivity index (χ0v) is 19.4. The zero-order chi connectivity index (χ0) is 25.3. The molecule has 11 heteroatoms. The number of aromatic nitrogens is 1. The van der Waals surface area contributed by atoms with E-state index in [2.05, 4.69) is 10.3 Å². The summed E-state index contributed by atoms with van der Waals surface area (Å²) < 4.78 is 45.4. The fraction of sp³-hybridized carbons (Fsp3) is 0.500. The average molecular weight is 489 g/mol. The molecular formula is C24H26F3N5O3. The first-order valence-electron chi connectivity index (χ1n) is 11.4. The first kappa shape index (κ1) is 24.6. The molecule has 186 valence electrons. The van der Waals surface area contributed by atoms with Crippen molar-refractivity contribution in [2.24, 2.45) is 17.8 Å². The second-order valence-electron chi connectivity index (χ2n) is 9.03. The number of hydrogen-bond acceptors (Lipinski definition) is 6. The lowest BCUT2D eigenvalue weighted by atomic mass is 9.78. The highest BCUT2D eigenvalue weighted by atomic mass is 19.4. The lowest BCUT2D eigenvalue weighted by Crippen LogP contribution is -2.41. The van der Waals surface area contributed by atoms with Gasteiger partial charge in [0, 0.05) is 38.9 Å². The molecule has 1 aromatic carbocycles. The van der Waals surface area contributed by atoms with Gasteiger partial charge in [-0.05, 0) is 49.8 Å². The highest BCUT2D eigenvalue weighted by molar-refractivity contribution is 5.93. The van der Waals surface area contributed by atoms with Gasteiger partial charge in [-0.2, -0.15) is 18.4 Å². The van der Waals surface area contributed by atoms with Gasteiger partial charge in [0.05, 0.1) is 28.8 Å². The molecule has 1 aromatic heterocycles. The van der Waals surface area contributed by atoms with Crippen molar-refractivity contribution < 1.29 is 27.2 Å². The Labute approximate surface area is 200 Å². The molecule has 2 aliphatic heterocycles. The molecule has 4 rings (SSSR count).